The fourth-order valence-corrected chi connectivity index (χ4v) is 5.99. The summed E-state index contributed by atoms with van der Waals surface area (Å²) in [6, 6.07) is 10.7. The third-order valence-electron chi connectivity index (χ3n) is 5.36. The Labute approximate surface area is 188 Å². The molecule has 0 aliphatic carbocycles. The first-order valence-corrected chi connectivity index (χ1v) is 12.3. The molecule has 1 amide bonds. The highest BCUT2D eigenvalue weighted by Gasteiger charge is 2.30. The molecule has 0 radical (unpaired) electrons. The summed E-state index contributed by atoms with van der Waals surface area (Å²) in [6.07, 6.45) is 0. The summed E-state index contributed by atoms with van der Waals surface area (Å²) in [7, 11) is -3.71. The molecule has 0 atom stereocenters. The van der Waals surface area contributed by atoms with Gasteiger partial charge in [0, 0.05) is 37.1 Å². The van der Waals surface area contributed by atoms with Gasteiger partial charge < -0.3 is 15.0 Å². The summed E-state index contributed by atoms with van der Waals surface area (Å²) in [5.41, 5.74) is 1.95. The third-order valence-corrected chi connectivity index (χ3v) is 8.16. The summed E-state index contributed by atoms with van der Waals surface area (Å²) in [4.78, 5) is 18.3. The first kappa shape index (κ1) is 20.9. The lowest BCUT2D eigenvalue weighted by molar-refractivity contribution is -0.118. The molecule has 0 unspecified atom stereocenters. The number of anilines is 2. The van der Waals surface area contributed by atoms with Crippen LogP contribution in [0.3, 0.4) is 0 Å². The van der Waals surface area contributed by atoms with Crippen LogP contribution in [-0.4, -0.2) is 56.4 Å². The predicted octanol–water partition coefficient (Wildman–Crippen LogP) is 2.79. The quantitative estimate of drug-likeness (QED) is 0.625. The highest BCUT2D eigenvalue weighted by atomic mass is 32.2. The van der Waals surface area contributed by atoms with Gasteiger partial charge in [0.25, 0.3) is 5.91 Å². The molecule has 1 aromatic heterocycles. The largest absolute Gasteiger partial charge is 0.482 e. The number of carbonyl (C=O) groups excluding carboxylic acids is 1. The molecule has 0 saturated carbocycles. The van der Waals surface area contributed by atoms with Gasteiger partial charge in [0.15, 0.2) is 11.7 Å². The molecular weight excluding hydrogens is 455 g/mol. The van der Waals surface area contributed by atoms with E-state index in [1.165, 1.54) is 39.9 Å². The van der Waals surface area contributed by atoms with Crippen LogP contribution in [0.1, 0.15) is 0 Å². The van der Waals surface area contributed by atoms with Gasteiger partial charge in [-0.2, -0.15) is 4.31 Å². The number of benzene rings is 2. The smallest absolute Gasteiger partial charge is 0.262 e. The Kier molecular flexibility index (Phi) is 5.31. The second kappa shape index (κ2) is 8.15. The zero-order valence-electron chi connectivity index (χ0n) is 16.8. The summed E-state index contributed by atoms with van der Waals surface area (Å²) in [5, 5.41) is 5.35. The zero-order chi connectivity index (χ0) is 22.3. The van der Waals surface area contributed by atoms with Crippen LogP contribution in [0, 0.1) is 5.82 Å². The summed E-state index contributed by atoms with van der Waals surface area (Å²) in [5.74, 6) is -0.159. The van der Waals surface area contributed by atoms with E-state index in [4.69, 9.17) is 4.74 Å². The van der Waals surface area contributed by atoms with Gasteiger partial charge in [-0.05, 0) is 42.5 Å². The normalized spacial score (nSPS) is 16.9. The molecule has 5 rings (SSSR count). The number of nitrogens with zero attached hydrogens (tertiary/aromatic N) is 3. The van der Waals surface area contributed by atoms with Crippen LogP contribution in [0.2, 0.25) is 0 Å². The second-order valence-corrected chi connectivity index (χ2v) is 10.2. The number of nitrogens with one attached hydrogen (secondary N) is 1. The fourth-order valence-electron chi connectivity index (χ4n) is 3.65. The highest BCUT2D eigenvalue weighted by molar-refractivity contribution is 7.89. The van der Waals surface area contributed by atoms with E-state index in [0.717, 1.165) is 16.4 Å². The maximum atomic E-state index is 13.2. The maximum Gasteiger partial charge on any atom is 0.262 e. The molecule has 8 nitrogen and oxygen atoms in total. The van der Waals surface area contributed by atoms with E-state index >= 15 is 0 Å². The Morgan fingerprint density at radius 2 is 1.81 bits per heavy atom. The van der Waals surface area contributed by atoms with Crippen molar-refractivity contribution in [1.29, 1.82) is 0 Å². The van der Waals surface area contributed by atoms with E-state index in [0.29, 0.717) is 37.6 Å². The monoisotopic (exact) mass is 474 g/mol. The van der Waals surface area contributed by atoms with E-state index in [-0.39, 0.29) is 23.2 Å². The van der Waals surface area contributed by atoms with Gasteiger partial charge in [-0.15, -0.1) is 11.3 Å². The molecule has 1 N–H and O–H groups in total. The van der Waals surface area contributed by atoms with Crippen LogP contribution in [0.4, 0.5) is 15.2 Å². The first-order valence-electron chi connectivity index (χ1n) is 9.93. The Bertz CT molecular complexity index is 1270. The number of aromatic nitrogens is 1. The molecule has 1 fully saturated rings. The number of ether oxygens (including phenoxy) is 1. The summed E-state index contributed by atoms with van der Waals surface area (Å²) >= 11 is 1.47. The van der Waals surface area contributed by atoms with E-state index in [2.05, 4.69) is 10.3 Å². The van der Waals surface area contributed by atoms with Gasteiger partial charge in [0.2, 0.25) is 10.0 Å². The predicted molar refractivity (Wildman–Crippen MR) is 119 cm³/mol. The van der Waals surface area contributed by atoms with Crippen LogP contribution < -0.4 is 15.0 Å². The van der Waals surface area contributed by atoms with E-state index in [1.807, 2.05) is 10.3 Å². The molecule has 0 spiro atoms. The SMILES string of the molecule is O=C1COc2ccc(S(=O)(=O)N3CCN(c4nc(-c5ccc(F)cc5)cs4)CC3)cc2N1. The van der Waals surface area contributed by atoms with Crippen molar-refractivity contribution >= 4 is 38.1 Å². The number of sulfonamides is 1. The van der Waals surface area contributed by atoms with Crippen molar-refractivity contribution in [2.24, 2.45) is 0 Å². The number of halogens is 1. The van der Waals surface area contributed by atoms with E-state index < -0.39 is 10.0 Å². The van der Waals surface area contributed by atoms with Crippen LogP contribution in [0.15, 0.2) is 52.7 Å². The Morgan fingerprint density at radius 3 is 2.56 bits per heavy atom. The third kappa shape index (κ3) is 3.94. The number of fused-ring (bicyclic) bond motifs is 1. The second-order valence-electron chi connectivity index (χ2n) is 7.41. The van der Waals surface area contributed by atoms with E-state index in [9.17, 15) is 17.6 Å². The molecule has 1 saturated heterocycles. The maximum absolute atomic E-state index is 13.2. The molecule has 0 bridgehead atoms. The molecule has 2 aliphatic rings. The number of thiazole rings is 1. The van der Waals surface area contributed by atoms with Crippen LogP contribution in [0.25, 0.3) is 11.3 Å². The van der Waals surface area contributed by atoms with Gasteiger partial charge in [0.1, 0.15) is 11.6 Å². The summed E-state index contributed by atoms with van der Waals surface area (Å²) < 4.78 is 46.1. The zero-order valence-corrected chi connectivity index (χ0v) is 18.5. The van der Waals surface area contributed by atoms with Gasteiger partial charge >= 0.3 is 0 Å². The minimum Gasteiger partial charge on any atom is -0.482 e. The fraction of sp³-hybridized carbons (Fsp3) is 0.238. The highest BCUT2D eigenvalue weighted by Crippen LogP contribution is 2.32. The Balaban J connectivity index is 1.28. The Hall–Kier alpha value is -3.02. The van der Waals surface area contributed by atoms with Crippen molar-refractivity contribution in [3.8, 4) is 17.0 Å². The lowest BCUT2D eigenvalue weighted by atomic mass is 10.2. The van der Waals surface area contributed by atoms with Gasteiger partial charge in [0.05, 0.1) is 16.3 Å². The number of hydrogen-bond donors (Lipinski definition) is 1. The van der Waals surface area contributed by atoms with Crippen LogP contribution >= 0.6 is 11.3 Å². The first-order chi connectivity index (χ1) is 15.4. The van der Waals surface area contributed by atoms with Crippen molar-refractivity contribution in [1.82, 2.24) is 9.29 Å². The molecule has 3 heterocycles. The van der Waals surface area contributed by atoms with E-state index in [1.54, 1.807) is 18.2 Å². The van der Waals surface area contributed by atoms with Gasteiger partial charge in [-0.1, -0.05) is 0 Å². The summed E-state index contributed by atoms with van der Waals surface area (Å²) in [6.45, 7) is 1.54. The topological polar surface area (TPSA) is 91.8 Å². The molecule has 2 aliphatic heterocycles. The standard InChI is InChI=1S/C21H19FN4O4S2/c22-15-3-1-14(2-4-15)18-13-31-21(24-18)25-7-9-26(10-8-25)32(28,29)16-5-6-19-17(11-16)23-20(27)12-30-19/h1-6,11,13H,7-10,12H2,(H,23,27). The van der Waals surface area contributed by atoms with Crippen LogP contribution in [0.5, 0.6) is 5.75 Å². The molecule has 2 aromatic carbocycles. The number of hydrogen-bond acceptors (Lipinski definition) is 7. The average Bonchev–Trinajstić information content (AvgIpc) is 3.29. The number of piperazine rings is 1. The van der Waals surface area contributed by atoms with Crippen molar-refractivity contribution < 1.29 is 22.3 Å². The molecule has 3 aromatic rings. The van der Waals surface area contributed by atoms with Crippen molar-refractivity contribution in [2.75, 3.05) is 43.0 Å². The molecular formula is C21H19FN4O4S2. The Morgan fingerprint density at radius 1 is 1.06 bits per heavy atom. The molecule has 166 valence electrons. The van der Waals surface area contributed by atoms with Crippen molar-refractivity contribution in [3.63, 3.8) is 0 Å². The minimum atomic E-state index is -3.71. The van der Waals surface area contributed by atoms with Gasteiger partial charge in [-0.3, -0.25) is 4.79 Å². The molecule has 11 heteroatoms. The van der Waals surface area contributed by atoms with Crippen molar-refractivity contribution in [3.05, 3.63) is 53.7 Å². The average molecular weight is 475 g/mol. The number of amides is 1. The number of carbonyl (C=O) groups is 1. The van der Waals surface area contributed by atoms with Crippen molar-refractivity contribution in [2.45, 2.75) is 4.90 Å². The van der Waals surface area contributed by atoms with Gasteiger partial charge in [-0.25, -0.2) is 17.8 Å². The lowest BCUT2D eigenvalue weighted by Gasteiger charge is -2.34. The minimum absolute atomic E-state index is 0.0827. The molecule has 32 heavy (non-hydrogen) atoms. The lowest BCUT2D eigenvalue weighted by Crippen LogP contribution is -2.48. The van der Waals surface area contributed by atoms with Crippen LogP contribution in [-0.2, 0) is 14.8 Å². The number of rotatable bonds is 4.